The molecular formula is C13H16N2O5. The second-order valence-corrected chi connectivity index (χ2v) is 4.65. The van der Waals surface area contributed by atoms with Gasteiger partial charge in [-0.15, -0.1) is 0 Å². The maximum Gasteiger partial charge on any atom is 0.326 e. The van der Waals surface area contributed by atoms with Gasteiger partial charge < -0.3 is 25.6 Å². The van der Waals surface area contributed by atoms with Crippen molar-refractivity contribution in [1.82, 2.24) is 4.90 Å². The average Bonchev–Trinajstić information content (AvgIpc) is 2.81. The van der Waals surface area contributed by atoms with Gasteiger partial charge in [0.2, 0.25) is 0 Å². The van der Waals surface area contributed by atoms with E-state index in [1.165, 1.54) is 19.2 Å². The Bertz CT molecular complexity index is 546. The van der Waals surface area contributed by atoms with Crippen LogP contribution in [0.5, 0.6) is 5.75 Å². The second-order valence-electron chi connectivity index (χ2n) is 4.65. The largest absolute Gasteiger partial charge is 0.497 e. The van der Waals surface area contributed by atoms with Gasteiger partial charge in [0.15, 0.2) is 0 Å². The molecule has 1 aromatic carbocycles. The summed E-state index contributed by atoms with van der Waals surface area (Å²) in [6.07, 6.45) is -0.822. The highest BCUT2D eigenvalue weighted by atomic mass is 16.5. The summed E-state index contributed by atoms with van der Waals surface area (Å²) in [5, 5.41) is 18.7. The molecule has 0 bridgehead atoms. The quantitative estimate of drug-likeness (QED) is 0.668. The number of nitrogens with two attached hydrogens (primary N) is 1. The molecule has 2 rings (SSSR count). The highest BCUT2D eigenvalue weighted by Gasteiger charge is 2.39. The first kappa shape index (κ1) is 14.1. The van der Waals surface area contributed by atoms with Gasteiger partial charge in [-0.05, 0) is 18.2 Å². The zero-order valence-corrected chi connectivity index (χ0v) is 10.9. The predicted octanol–water partition coefficient (Wildman–Crippen LogP) is -0.0626. The van der Waals surface area contributed by atoms with Crippen molar-refractivity contribution in [1.29, 1.82) is 0 Å². The van der Waals surface area contributed by atoms with E-state index in [1.807, 2.05) is 0 Å². The second kappa shape index (κ2) is 5.38. The molecular weight excluding hydrogens is 264 g/mol. The minimum Gasteiger partial charge on any atom is -0.497 e. The number of amides is 1. The molecule has 1 fully saturated rings. The lowest BCUT2D eigenvalue weighted by Gasteiger charge is -2.22. The molecule has 0 saturated carbocycles. The Kier molecular flexibility index (Phi) is 3.80. The van der Waals surface area contributed by atoms with E-state index < -0.39 is 24.0 Å². The number of β-amino-alcohol motifs (C(OH)–C–C–N with tert-alkyl or cyclic N) is 1. The van der Waals surface area contributed by atoms with Crippen molar-refractivity contribution in [2.45, 2.75) is 18.6 Å². The van der Waals surface area contributed by atoms with E-state index >= 15 is 0 Å². The monoisotopic (exact) mass is 280 g/mol. The number of hydrogen-bond donors (Lipinski definition) is 3. The lowest BCUT2D eigenvalue weighted by molar-refractivity contribution is -0.141. The van der Waals surface area contributed by atoms with Crippen LogP contribution in [0.2, 0.25) is 0 Å². The smallest absolute Gasteiger partial charge is 0.326 e. The molecule has 20 heavy (non-hydrogen) atoms. The summed E-state index contributed by atoms with van der Waals surface area (Å²) in [7, 11) is 1.46. The number of likely N-dealkylation sites (tertiary alicyclic amines) is 1. The van der Waals surface area contributed by atoms with Crippen LogP contribution in [-0.2, 0) is 4.79 Å². The number of aliphatic hydroxyl groups excluding tert-OH is 1. The van der Waals surface area contributed by atoms with Crippen molar-refractivity contribution in [2.75, 3.05) is 19.4 Å². The Morgan fingerprint density at radius 1 is 1.45 bits per heavy atom. The van der Waals surface area contributed by atoms with E-state index in [1.54, 1.807) is 6.07 Å². The maximum absolute atomic E-state index is 12.4. The number of carbonyl (C=O) groups excluding carboxylic acids is 1. The number of benzene rings is 1. The summed E-state index contributed by atoms with van der Waals surface area (Å²) < 4.78 is 5.03. The third-order valence-electron chi connectivity index (χ3n) is 3.32. The highest BCUT2D eigenvalue weighted by Crippen LogP contribution is 2.25. The Morgan fingerprint density at radius 2 is 2.15 bits per heavy atom. The van der Waals surface area contributed by atoms with Gasteiger partial charge in [-0.1, -0.05) is 0 Å². The van der Waals surface area contributed by atoms with Crippen molar-refractivity contribution in [3.05, 3.63) is 23.8 Å². The van der Waals surface area contributed by atoms with E-state index in [4.69, 9.17) is 15.6 Å². The predicted molar refractivity (Wildman–Crippen MR) is 70.5 cm³/mol. The van der Waals surface area contributed by atoms with Gasteiger partial charge in [0.05, 0.1) is 18.8 Å². The van der Waals surface area contributed by atoms with E-state index in [2.05, 4.69) is 0 Å². The minimum atomic E-state index is -1.14. The summed E-state index contributed by atoms with van der Waals surface area (Å²) in [5.41, 5.74) is 6.16. The molecule has 4 N–H and O–H groups in total. The zero-order chi connectivity index (χ0) is 14.9. The molecule has 0 unspecified atom stereocenters. The van der Waals surface area contributed by atoms with Gasteiger partial charge >= 0.3 is 5.97 Å². The number of carbonyl (C=O) groups is 2. The average molecular weight is 280 g/mol. The molecule has 1 aliphatic heterocycles. The first-order valence-electron chi connectivity index (χ1n) is 6.09. The van der Waals surface area contributed by atoms with Crippen LogP contribution >= 0.6 is 0 Å². The number of anilines is 1. The van der Waals surface area contributed by atoms with Gasteiger partial charge in [-0.3, -0.25) is 4.79 Å². The summed E-state index contributed by atoms with van der Waals surface area (Å²) in [6, 6.07) is 3.55. The summed E-state index contributed by atoms with van der Waals surface area (Å²) >= 11 is 0. The van der Waals surface area contributed by atoms with Crippen LogP contribution in [0.15, 0.2) is 18.2 Å². The molecule has 1 amide bonds. The SMILES string of the molecule is COc1ccc(N)c(C(=O)N2C[C@H](O)C[C@@H]2C(=O)O)c1. The molecule has 7 nitrogen and oxygen atoms in total. The fourth-order valence-corrected chi connectivity index (χ4v) is 2.27. The molecule has 1 aromatic rings. The van der Waals surface area contributed by atoms with Gasteiger partial charge in [0.1, 0.15) is 11.8 Å². The molecule has 0 spiro atoms. The van der Waals surface area contributed by atoms with Gasteiger partial charge in [-0.2, -0.15) is 0 Å². The Balaban J connectivity index is 2.33. The van der Waals surface area contributed by atoms with E-state index in [9.17, 15) is 14.7 Å². The first-order valence-corrected chi connectivity index (χ1v) is 6.09. The third-order valence-corrected chi connectivity index (χ3v) is 3.32. The number of rotatable bonds is 3. The van der Waals surface area contributed by atoms with Crippen molar-refractivity contribution in [2.24, 2.45) is 0 Å². The fraction of sp³-hybridized carbons (Fsp3) is 0.385. The molecule has 1 heterocycles. The topological polar surface area (TPSA) is 113 Å². The van der Waals surface area contributed by atoms with Crippen LogP contribution in [0.25, 0.3) is 0 Å². The lowest BCUT2D eigenvalue weighted by Crippen LogP contribution is -2.40. The van der Waals surface area contributed by atoms with Crippen LogP contribution in [0.1, 0.15) is 16.8 Å². The van der Waals surface area contributed by atoms with E-state index in [0.717, 1.165) is 4.90 Å². The van der Waals surface area contributed by atoms with Crippen molar-refractivity contribution in [3.63, 3.8) is 0 Å². The number of carboxylic acid groups (broad SMARTS) is 1. The molecule has 2 atom stereocenters. The number of aliphatic carboxylic acids is 1. The van der Waals surface area contributed by atoms with Crippen LogP contribution in [0.3, 0.4) is 0 Å². The fourth-order valence-electron chi connectivity index (χ4n) is 2.27. The number of methoxy groups -OCH3 is 1. The normalized spacial score (nSPS) is 21.8. The maximum atomic E-state index is 12.4. The molecule has 0 radical (unpaired) electrons. The van der Waals surface area contributed by atoms with Gasteiger partial charge in [-0.25, -0.2) is 4.79 Å². The molecule has 1 aliphatic rings. The van der Waals surface area contributed by atoms with Crippen LogP contribution < -0.4 is 10.5 Å². The third kappa shape index (κ3) is 2.53. The Morgan fingerprint density at radius 3 is 2.75 bits per heavy atom. The van der Waals surface area contributed by atoms with Crippen molar-refractivity contribution < 1.29 is 24.5 Å². The number of ether oxygens (including phenoxy) is 1. The van der Waals surface area contributed by atoms with Crippen LogP contribution in [0, 0.1) is 0 Å². The first-order chi connectivity index (χ1) is 9.43. The van der Waals surface area contributed by atoms with E-state index in [-0.39, 0.29) is 24.2 Å². The Labute approximate surface area is 115 Å². The van der Waals surface area contributed by atoms with Crippen LogP contribution in [-0.4, -0.2) is 52.8 Å². The Hall–Kier alpha value is -2.28. The number of nitrogens with zero attached hydrogens (tertiary/aromatic N) is 1. The van der Waals surface area contributed by atoms with Gasteiger partial charge in [0, 0.05) is 18.7 Å². The minimum absolute atomic E-state index is 0.0188. The number of nitrogen functional groups attached to an aromatic ring is 1. The van der Waals surface area contributed by atoms with Crippen LogP contribution in [0.4, 0.5) is 5.69 Å². The van der Waals surface area contributed by atoms with Gasteiger partial charge in [0.25, 0.3) is 5.91 Å². The standard InChI is InChI=1S/C13H16N2O5/c1-20-8-2-3-10(14)9(5-8)12(17)15-6-7(16)4-11(15)13(18)19/h2-3,5,7,11,16H,4,6,14H2,1H3,(H,18,19)/t7-,11-/m1/s1. The molecule has 7 heteroatoms. The lowest BCUT2D eigenvalue weighted by atomic mass is 10.1. The zero-order valence-electron chi connectivity index (χ0n) is 10.9. The molecule has 1 saturated heterocycles. The molecule has 108 valence electrons. The summed E-state index contributed by atoms with van der Waals surface area (Å²) in [4.78, 5) is 24.7. The summed E-state index contributed by atoms with van der Waals surface area (Å²) in [5.74, 6) is -1.21. The molecule has 0 aromatic heterocycles. The highest BCUT2D eigenvalue weighted by molar-refractivity contribution is 6.01. The molecule has 0 aliphatic carbocycles. The van der Waals surface area contributed by atoms with Crippen molar-refractivity contribution >= 4 is 17.6 Å². The number of aliphatic hydroxyl groups is 1. The number of carboxylic acids is 1. The summed E-state index contributed by atoms with van der Waals surface area (Å²) in [6.45, 7) is -0.0214. The number of hydrogen-bond acceptors (Lipinski definition) is 5. The van der Waals surface area contributed by atoms with Crippen molar-refractivity contribution in [3.8, 4) is 5.75 Å². The van der Waals surface area contributed by atoms with E-state index in [0.29, 0.717) is 5.75 Å².